The number of aliphatic carboxylic acids is 1. The average Bonchev–Trinajstić information content (AvgIpc) is 3.75. The minimum atomic E-state index is -1.24. The zero-order valence-corrected chi connectivity index (χ0v) is 31.6. The molecule has 0 aliphatic carbocycles. The molecule has 1 N–H and O–H groups in total. The van der Waals surface area contributed by atoms with E-state index in [-0.39, 0.29) is 5.57 Å². The molecule has 0 amide bonds. The summed E-state index contributed by atoms with van der Waals surface area (Å²) in [6, 6.07) is 72.6. The molecule has 1 aromatic heterocycles. The first-order chi connectivity index (χ1) is 28.1. The molecule has 0 atom stereocenters. The van der Waals surface area contributed by atoms with E-state index in [9.17, 15) is 15.2 Å². The molecule has 0 spiro atoms. The van der Waals surface area contributed by atoms with Crippen molar-refractivity contribution < 1.29 is 9.90 Å². The van der Waals surface area contributed by atoms with Crippen molar-refractivity contribution in [1.29, 1.82) is 5.26 Å². The predicted octanol–water partition coefficient (Wildman–Crippen LogP) is 13.8. The Balaban J connectivity index is 1.18. The van der Waals surface area contributed by atoms with Gasteiger partial charge in [-0.05, 0) is 133 Å². The molecule has 0 saturated heterocycles. The number of nitrogens with zero attached hydrogens (tertiary/aromatic N) is 4. The van der Waals surface area contributed by atoms with Gasteiger partial charge in [0, 0.05) is 60.9 Å². The molecular formula is C50H36N4O2S. The fourth-order valence-electron chi connectivity index (χ4n) is 6.80. The first kappa shape index (κ1) is 36.3. The highest BCUT2D eigenvalue weighted by Gasteiger charge is 2.18. The number of thiophene rings is 1. The van der Waals surface area contributed by atoms with Gasteiger partial charge in [0.1, 0.15) is 11.6 Å². The Morgan fingerprint density at radius 3 is 1.04 bits per heavy atom. The maximum atomic E-state index is 11.4. The van der Waals surface area contributed by atoms with E-state index in [0.29, 0.717) is 4.88 Å². The smallest absolute Gasteiger partial charge is 0.346 e. The van der Waals surface area contributed by atoms with Gasteiger partial charge in [0.15, 0.2) is 0 Å². The van der Waals surface area contributed by atoms with Gasteiger partial charge in [-0.1, -0.05) is 84.9 Å². The molecule has 8 rings (SSSR count). The average molecular weight is 757 g/mol. The summed E-state index contributed by atoms with van der Waals surface area (Å²) in [5, 5.41) is 18.6. The van der Waals surface area contributed by atoms with E-state index in [1.807, 2.05) is 36.4 Å². The maximum Gasteiger partial charge on any atom is 0.346 e. The summed E-state index contributed by atoms with van der Waals surface area (Å²) in [4.78, 5) is 19.8. The molecule has 1 heterocycles. The number of hydrogen-bond acceptors (Lipinski definition) is 6. The number of carbonyl (C=O) groups is 1. The van der Waals surface area contributed by atoms with E-state index in [0.717, 1.165) is 61.6 Å². The molecule has 0 aliphatic heterocycles. The van der Waals surface area contributed by atoms with Crippen LogP contribution in [-0.2, 0) is 4.79 Å². The van der Waals surface area contributed by atoms with Crippen molar-refractivity contribution in [2.24, 2.45) is 0 Å². The van der Waals surface area contributed by atoms with Crippen molar-refractivity contribution in [2.45, 2.75) is 0 Å². The van der Waals surface area contributed by atoms with Crippen LogP contribution < -0.4 is 14.7 Å². The van der Waals surface area contributed by atoms with Crippen LogP contribution in [0.15, 0.2) is 212 Å². The van der Waals surface area contributed by atoms with Crippen LogP contribution in [0, 0.1) is 11.3 Å². The summed E-state index contributed by atoms with van der Waals surface area (Å²) in [7, 11) is 0. The summed E-state index contributed by atoms with van der Waals surface area (Å²) >= 11 is 1.44. The lowest BCUT2D eigenvalue weighted by Gasteiger charge is -2.29. The Morgan fingerprint density at radius 2 is 0.737 bits per heavy atom. The SMILES string of the molecule is N#C/C(=C\c1ccc(-c2ccc(N(c3ccc(N(c4ccccc4)c4ccccc4)cc3)c3ccc(N(c4ccccc4)c4ccccc4)cc3)cc2)s1)C(=O)O. The molecule has 0 radical (unpaired) electrons. The standard InChI is InChI=1S/C50H36N4O2S/c51-36-38(50(55)56)35-48-33-34-49(57-48)37-21-23-43(24-22-37)54(46-29-25-44(26-30-46)52(39-13-5-1-6-14-39)40-15-7-2-8-16-40)47-31-27-45(28-32-47)53(41-17-9-3-10-18-41)42-19-11-4-12-20-42/h1-35H,(H,55,56)/b38-35+. The minimum absolute atomic E-state index is 0.294. The number of carboxylic acid groups (broad SMARTS) is 1. The Labute approximate surface area is 336 Å². The van der Waals surface area contributed by atoms with E-state index in [1.54, 1.807) is 6.07 Å². The molecule has 0 bridgehead atoms. The van der Waals surface area contributed by atoms with Gasteiger partial charge in [0.25, 0.3) is 0 Å². The highest BCUT2D eigenvalue weighted by Crippen LogP contribution is 2.42. The summed E-state index contributed by atoms with van der Waals surface area (Å²) in [6.45, 7) is 0. The molecule has 0 fully saturated rings. The third kappa shape index (κ3) is 8.08. The zero-order valence-electron chi connectivity index (χ0n) is 30.8. The van der Waals surface area contributed by atoms with Crippen LogP contribution in [0.4, 0.5) is 51.2 Å². The third-order valence-corrected chi connectivity index (χ3v) is 10.5. The Morgan fingerprint density at radius 1 is 0.439 bits per heavy atom. The molecule has 7 heteroatoms. The summed E-state index contributed by atoms with van der Waals surface area (Å²) in [5.74, 6) is -1.24. The van der Waals surface area contributed by atoms with E-state index in [1.165, 1.54) is 17.4 Å². The lowest BCUT2D eigenvalue weighted by atomic mass is 10.1. The number of rotatable bonds is 12. The van der Waals surface area contributed by atoms with Gasteiger partial charge in [0.05, 0.1) is 0 Å². The molecule has 6 nitrogen and oxygen atoms in total. The monoisotopic (exact) mass is 756 g/mol. The summed E-state index contributed by atoms with van der Waals surface area (Å²) in [5.41, 5.74) is 10.00. The Kier molecular flexibility index (Phi) is 10.7. The maximum absolute atomic E-state index is 11.4. The molecule has 0 saturated carbocycles. The second-order valence-corrected chi connectivity index (χ2v) is 14.2. The van der Waals surface area contributed by atoms with Crippen molar-refractivity contribution in [3.05, 3.63) is 217 Å². The fraction of sp³-hybridized carbons (Fsp3) is 0. The lowest BCUT2D eigenvalue weighted by Crippen LogP contribution is -2.13. The first-order valence-corrected chi connectivity index (χ1v) is 19.2. The van der Waals surface area contributed by atoms with Crippen LogP contribution >= 0.6 is 11.3 Å². The molecule has 0 unspecified atom stereocenters. The summed E-state index contributed by atoms with van der Waals surface area (Å²) in [6.07, 6.45) is 1.41. The topological polar surface area (TPSA) is 70.8 Å². The largest absolute Gasteiger partial charge is 0.477 e. The quantitative estimate of drug-likeness (QED) is 0.0989. The van der Waals surface area contributed by atoms with Crippen LogP contribution in [0.3, 0.4) is 0 Å². The minimum Gasteiger partial charge on any atom is -0.477 e. The highest BCUT2D eigenvalue weighted by molar-refractivity contribution is 7.16. The van der Waals surface area contributed by atoms with Crippen LogP contribution in [0.25, 0.3) is 16.5 Å². The fourth-order valence-corrected chi connectivity index (χ4v) is 7.75. The lowest BCUT2D eigenvalue weighted by molar-refractivity contribution is -0.132. The second kappa shape index (κ2) is 16.8. The Hall–Kier alpha value is -7.66. The predicted molar refractivity (Wildman–Crippen MR) is 235 cm³/mol. The number of carboxylic acids is 1. The number of para-hydroxylation sites is 4. The molecule has 0 aliphatic rings. The van der Waals surface area contributed by atoms with Crippen molar-refractivity contribution in [2.75, 3.05) is 14.7 Å². The van der Waals surface area contributed by atoms with Crippen molar-refractivity contribution >= 4 is 74.6 Å². The van der Waals surface area contributed by atoms with Gasteiger partial charge in [-0.25, -0.2) is 4.79 Å². The molecule has 7 aromatic carbocycles. The van der Waals surface area contributed by atoms with Gasteiger partial charge in [0.2, 0.25) is 0 Å². The van der Waals surface area contributed by atoms with E-state index < -0.39 is 5.97 Å². The van der Waals surface area contributed by atoms with Crippen molar-refractivity contribution in [3.63, 3.8) is 0 Å². The van der Waals surface area contributed by atoms with Crippen molar-refractivity contribution in [1.82, 2.24) is 0 Å². The van der Waals surface area contributed by atoms with Gasteiger partial charge in [-0.3, -0.25) is 0 Å². The third-order valence-electron chi connectivity index (χ3n) is 9.46. The zero-order chi connectivity index (χ0) is 39.0. The molecular weight excluding hydrogens is 721 g/mol. The number of hydrogen-bond donors (Lipinski definition) is 1. The number of nitriles is 1. The van der Waals surface area contributed by atoms with Crippen molar-refractivity contribution in [3.8, 4) is 16.5 Å². The first-order valence-electron chi connectivity index (χ1n) is 18.4. The van der Waals surface area contributed by atoms with Gasteiger partial charge in [-0.2, -0.15) is 5.26 Å². The van der Waals surface area contributed by atoms with Crippen LogP contribution in [0.2, 0.25) is 0 Å². The van der Waals surface area contributed by atoms with E-state index >= 15 is 0 Å². The molecule has 57 heavy (non-hydrogen) atoms. The normalized spacial score (nSPS) is 11.0. The Bertz CT molecular complexity index is 2430. The summed E-state index contributed by atoms with van der Waals surface area (Å²) < 4.78 is 0. The number of anilines is 9. The van der Waals surface area contributed by atoms with Crippen LogP contribution in [-0.4, -0.2) is 11.1 Å². The van der Waals surface area contributed by atoms with Crippen LogP contribution in [0.5, 0.6) is 0 Å². The molecule has 8 aromatic rings. The van der Waals surface area contributed by atoms with Crippen LogP contribution in [0.1, 0.15) is 4.88 Å². The van der Waals surface area contributed by atoms with Gasteiger partial charge >= 0.3 is 5.97 Å². The second-order valence-electron chi connectivity index (χ2n) is 13.1. The highest BCUT2D eigenvalue weighted by atomic mass is 32.1. The van der Waals surface area contributed by atoms with Gasteiger partial charge in [-0.15, -0.1) is 11.3 Å². The van der Waals surface area contributed by atoms with E-state index in [2.05, 4.69) is 185 Å². The van der Waals surface area contributed by atoms with E-state index in [4.69, 9.17) is 0 Å². The number of benzene rings is 7. The molecule has 274 valence electrons. The van der Waals surface area contributed by atoms with Gasteiger partial charge < -0.3 is 19.8 Å².